The van der Waals surface area contributed by atoms with Gasteiger partial charge in [0.05, 0.1) is 0 Å². The fraction of sp³-hybridized carbons (Fsp3) is 0.600. The van der Waals surface area contributed by atoms with E-state index in [-0.39, 0.29) is 0 Å². The van der Waals surface area contributed by atoms with Gasteiger partial charge in [-0.2, -0.15) is 0 Å². The highest BCUT2D eigenvalue weighted by molar-refractivity contribution is 9.09. The van der Waals surface area contributed by atoms with Gasteiger partial charge < -0.3 is 0 Å². The lowest BCUT2D eigenvalue weighted by Gasteiger charge is -1.94. The van der Waals surface area contributed by atoms with Crippen molar-refractivity contribution in [3.8, 4) is 0 Å². The van der Waals surface area contributed by atoms with Crippen molar-refractivity contribution in [2.75, 3.05) is 5.33 Å². The van der Waals surface area contributed by atoms with E-state index in [1.54, 1.807) is 0 Å². The number of unbranched alkanes of at least 4 members (excludes halogenated alkanes) is 4. The van der Waals surface area contributed by atoms with Gasteiger partial charge in [-0.1, -0.05) is 53.6 Å². The molecule has 0 heterocycles. The van der Waals surface area contributed by atoms with Crippen molar-refractivity contribution < 1.29 is 0 Å². The first-order chi connectivity index (χ1) is 5.41. The Kier molecular flexibility index (Phi) is 9.92. The van der Waals surface area contributed by atoms with Crippen LogP contribution in [0.5, 0.6) is 0 Å². The van der Waals surface area contributed by atoms with Crippen molar-refractivity contribution in [1.29, 1.82) is 0 Å². The third kappa shape index (κ3) is 9.96. The topological polar surface area (TPSA) is 0 Å². The van der Waals surface area contributed by atoms with Gasteiger partial charge in [-0.3, -0.25) is 0 Å². The number of halogens is 1. The van der Waals surface area contributed by atoms with E-state index in [4.69, 9.17) is 0 Å². The number of hydrogen-bond acceptors (Lipinski definition) is 0. The lowest BCUT2D eigenvalue weighted by atomic mass is 10.1. The maximum absolute atomic E-state index is 3.61. The van der Waals surface area contributed by atoms with Crippen LogP contribution in [0.15, 0.2) is 24.8 Å². The molecule has 0 aromatic rings. The van der Waals surface area contributed by atoms with Gasteiger partial charge in [0.15, 0.2) is 0 Å². The Morgan fingerprint density at radius 3 is 2.45 bits per heavy atom. The zero-order valence-electron chi connectivity index (χ0n) is 7.06. The van der Waals surface area contributed by atoms with Crippen LogP contribution in [0.25, 0.3) is 0 Å². The van der Waals surface area contributed by atoms with Crippen molar-refractivity contribution in [1.82, 2.24) is 0 Å². The Bertz CT molecular complexity index is 105. The van der Waals surface area contributed by atoms with Crippen LogP contribution in [0.2, 0.25) is 0 Å². The third-order valence-corrected chi connectivity index (χ3v) is 2.09. The van der Waals surface area contributed by atoms with Crippen LogP contribution in [0.4, 0.5) is 0 Å². The normalized spacial score (nSPS) is 10.6. The van der Waals surface area contributed by atoms with Gasteiger partial charge in [0.1, 0.15) is 0 Å². The molecule has 0 unspecified atom stereocenters. The lowest BCUT2D eigenvalue weighted by molar-refractivity contribution is 0.679. The molecule has 0 rings (SSSR count). The van der Waals surface area contributed by atoms with Gasteiger partial charge in [0.25, 0.3) is 0 Å². The Labute approximate surface area is 78.5 Å². The maximum Gasteiger partial charge on any atom is 0.00313 e. The average Bonchev–Trinajstić information content (AvgIpc) is 2.03. The first kappa shape index (κ1) is 11.0. The minimum atomic E-state index is 1.15. The van der Waals surface area contributed by atoms with Crippen molar-refractivity contribution in [2.24, 2.45) is 0 Å². The van der Waals surface area contributed by atoms with E-state index in [1.165, 1.54) is 32.1 Å². The van der Waals surface area contributed by atoms with Gasteiger partial charge in [-0.05, 0) is 19.3 Å². The Balaban J connectivity index is 2.90. The van der Waals surface area contributed by atoms with Gasteiger partial charge >= 0.3 is 0 Å². The molecule has 0 radical (unpaired) electrons. The summed E-state index contributed by atoms with van der Waals surface area (Å²) >= 11 is 3.42. The third-order valence-electron chi connectivity index (χ3n) is 1.53. The molecule has 0 aliphatic carbocycles. The second-order valence-electron chi connectivity index (χ2n) is 2.56. The Morgan fingerprint density at radius 2 is 1.82 bits per heavy atom. The maximum atomic E-state index is 3.61. The fourth-order valence-electron chi connectivity index (χ4n) is 0.903. The van der Waals surface area contributed by atoms with E-state index >= 15 is 0 Å². The quantitative estimate of drug-likeness (QED) is 0.342. The van der Waals surface area contributed by atoms with Crippen LogP contribution >= 0.6 is 15.9 Å². The molecule has 0 nitrogen and oxygen atoms in total. The number of hydrogen-bond donors (Lipinski definition) is 0. The molecule has 0 bridgehead atoms. The molecule has 0 aliphatic rings. The number of alkyl halides is 1. The zero-order valence-corrected chi connectivity index (χ0v) is 8.65. The summed E-state index contributed by atoms with van der Waals surface area (Å²) in [6.07, 6.45) is 12.6. The Hall–Kier alpha value is -0.0400. The molecule has 0 aromatic carbocycles. The molecule has 0 aromatic heterocycles. The highest BCUT2D eigenvalue weighted by Gasteiger charge is 1.85. The molecule has 0 aliphatic heterocycles. The molecule has 0 atom stereocenters. The van der Waals surface area contributed by atoms with Gasteiger partial charge in [-0.25, -0.2) is 0 Å². The number of allylic oxidation sites excluding steroid dienone is 3. The standard InChI is InChI=1S/C10H17Br/c1-2-3-4-5-6-7-8-9-10-11/h2-4H,1,5-10H2. The first-order valence-corrected chi connectivity index (χ1v) is 5.37. The highest BCUT2D eigenvalue weighted by atomic mass is 79.9. The molecular weight excluding hydrogens is 200 g/mol. The van der Waals surface area contributed by atoms with Gasteiger partial charge in [0.2, 0.25) is 0 Å². The van der Waals surface area contributed by atoms with Crippen LogP contribution < -0.4 is 0 Å². The average molecular weight is 217 g/mol. The molecule has 0 saturated carbocycles. The molecule has 11 heavy (non-hydrogen) atoms. The summed E-state index contributed by atoms with van der Waals surface area (Å²) < 4.78 is 0. The van der Waals surface area contributed by atoms with E-state index in [1.807, 2.05) is 12.2 Å². The van der Waals surface area contributed by atoms with Crippen molar-refractivity contribution >= 4 is 15.9 Å². The minimum Gasteiger partial charge on any atom is -0.0991 e. The highest BCUT2D eigenvalue weighted by Crippen LogP contribution is 2.04. The summed E-state index contributed by atoms with van der Waals surface area (Å²) in [4.78, 5) is 0. The fourth-order valence-corrected chi connectivity index (χ4v) is 1.30. The monoisotopic (exact) mass is 216 g/mol. The molecule has 0 fully saturated rings. The van der Waals surface area contributed by atoms with Crippen molar-refractivity contribution in [3.63, 3.8) is 0 Å². The van der Waals surface area contributed by atoms with Crippen LogP contribution in [0, 0.1) is 0 Å². The Morgan fingerprint density at radius 1 is 1.09 bits per heavy atom. The molecule has 1 heteroatoms. The van der Waals surface area contributed by atoms with Gasteiger partial charge in [-0.15, -0.1) is 0 Å². The number of rotatable bonds is 7. The van der Waals surface area contributed by atoms with E-state index in [0.29, 0.717) is 0 Å². The zero-order chi connectivity index (χ0) is 8.36. The molecule has 64 valence electrons. The van der Waals surface area contributed by atoms with Crippen LogP contribution in [-0.2, 0) is 0 Å². The summed E-state index contributed by atoms with van der Waals surface area (Å²) in [6.45, 7) is 3.61. The van der Waals surface area contributed by atoms with Crippen molar-refractivity contribution in [2.45, 2.75) is 32.1 Å². The summed E-state index contributed by atoms with van der Waals surface area (Å²) in [5.74, 6) is 0. The smallest absolute Gasteiger partial charge is 0.00313 e. The molecule has 0 N–H and O–H groups in total. The van der Waals surface area contributed by atoms with Crippen LogP contribution in [0.3, 0.4) is 0 Å². The summed E-state index contributed by atoms with van der Waals surface area (Å²) in [6, 6.07) is 0. The van der Waals surface area contributed by atoms with E-state index < -0.39 is 0 Å². The summed E-state index contributed by atoms with van der Waals surface area (Å²) in [7, 11) is 0. The lowest BCUT2D eigenvalue weighted by Crippen LogP contribution is -1.77. The van der Waals surface area contributed by atoms with E-state index in [9.17, 15) is 0 Å². The largest absolute Gasteiger partial charge is 0.0991 e. The summed E-state index contributed by atoms with van der Waals surface area (Å²) in [5.41, 5.74) is 0. The molecular formula is C10H17Br. The SMILES string of the molecule is C=CC=CCCCCCCBr. The summed E-state index contributed by atoms with van der Waals surface area (Å²) in [5, 5.41) is 1.15. The second kappa shape index (κ2) is 9.96. The van der Waals surface area contributed by atoms with Crippen LogP contribution in [0.1, 0.15) is 32.1 Å². The van der Waals surface area contributed by atoms with E-state index in [2.05, 4.69) is 28.6 Å². The predicted molar refractivity (Wildman–Crippen MR) is 56.2 cm³/mol. The molecule has 0 spiro atoms. The second-order valence-corrected chi connectivity index (χ2v) is 3.35. The minimum absolute atomic E-state index is 1.15. The van der Waals surface area contributed by atoms with Crippen LogP contribution in [-0.4, -0.2) is 5.33 Å². The molecule has 0 amide bonds. The first-order valence-electron chi connectivity index (χ1n) is 4.25. The molecule has 0 saturated heterocycles. The van der Waals surface area contributed by atoms with E-state index in [0.717, 1.165) is 5.33 Å². The van der Waals surface area contributed by atoms with Crippen molar-refractivity contribution in [3.05, 3.63) is 24.8 Å². The van der Waals surface area contributed by atoms with Gasteiger partial charge in [0, 0.05) is 5.33 Å². The predicted octanol–water partition coefficient (Wildman–Crippen LogP) is 4.07.